The van der Waals surface area contributed by atoms with Crippen LogP contribution in [0.3, 0.4) is 0 Å². The van der Waals surface area contributed by atoms with Gasteiger partial charge in [-0.2, -0.15) is 0 Å². The molecule has 2 aromatic rings. The van der Waals surface area contributed by atoms with Crippen LogP contribution in [0.1, 0.15) is 25.8 Å². The molecule has 0 heterocycles. The van der Waals surface area contributed by atoms with E-state index >= 15 is 0 Å². The van der Waals surface area contributed by atoms with E-state index in [-0.39, 0.29) is 12.0 Å². The van der Waals surface area contributed by atoms with Crippen molar-refractivity contribution in [3.05, 3.63) is 58.1 Å². The number of anilines is 1. The predicted molar refractivity (Wildman–Crippen MR) is 95.6 cm³/mol. The fourth-order valence-electron chi connectivity index (χ4n) is 2.09. The van der Waals surface area contributed by atoms with E-state index in [1.165, 1.54) is 0 Å². The fourth-order valence-corrected chi connectivity index (χ4v) is 2.59. The lowest BCUT2D eigenvalue weighted by Crippen LogP contribution is -2.12. The molecule has 0 saturated heterocycles. The van der Waals surface area contributed by atoms with E-state index < -0.39 is 0 Å². The van der Waals surface area contributed by atoms with Gasteiger partial charge in [0.2, 0.25) is 5.91 Å². The molecule has 1 amide bonds. The van der Waals surface area contributed by atoms with Gasteiger partial charge in [0.25, 0.3) is 0 Å². The molecule has 0 atom stereocenters. The lowest BCUT2D eigenvalue weighted by Gasteiger charge is -2.11. The van der Waals surface area contributed by atoms with Crippen LogP contribution in [0.25, 0.3) is 0 Å². The first kappa shape index (κ1) is 17.6. The Labute approximate surface area is 146 Å². The molecule has 0 radical (unpaired) electrons. The highest BCUT2D eigenvalue weighted by molar-refractivity contribution is 6.35. The van der Waals surface area contributed by atoms with Gasteiger partial charge < -0.3 is 10.1 Å². The molecule has 0 saturated carbocycles. The molecule has 0 unspecified atom stereocenters. The maximum absolute atomic E-state index is 12.0. The third kappa shape index (κ3) is 5.77. The van der Waals surface area contributed by atoms with E-state index in [1.807, 2.05) is 44.2 Å². The van der Waals surface area contributed by atoms with Gasteiger partial charge >= 0.3 is 0 Å². The second-order valence-corrected chi connectivity index (χ2v) is 6.32. The lowest BCUT2D eigenvalue weighted by atomic mass is 10.1. The normalized spacial score (nSPS) is 10.7. The number of benzene rings is 2. The summed E-state index contributed by atoms with van der Waals surface area (Å²) in [7, 11) is 0. The summed E-state index contributed by atoms with van der Waals surface area (Å²) in [5, 5.41) is 4.03. The second kappa shape index (κ2) is 8.23. The van der Waals surface area contributed by atoms with Crippen LogP contribution in [-0.2, 0) is 11.2 Å². The van der Waals surface area contributed by atoms with Crippen molar-refractivity contribution in [3.8, 4) is 5.75 Å². The average Bonchev–Trinajstić information content (AvgIpc) is 2.48. The first-order valence-corrected chi connectivity index (χ1v) is 8.20. The van der Waals surface area contributed by atoms with Crippen LogP contribution < -0.4 is 10.1 Å². The van der Waals surface area contributed by atoms with Gasteiger partial charge in [0, 0.05) is 22.2 Å². The van der Waals surface area contributed by atoms with Crippen molar-refractivity contribution in [2.24, 2.45) is 0 Å². The molecule has 2 rings (SSSR count). The minimum Gasteiger partial charge on any atom is -0.491 e. The quantitative estimate of drug-likeness (QED) is 0.761. The Bertz CT molecular complexity index is 669. The van der Waals surface area contributed by atoms with Gasteiger partial charge in [-0.3, -0.25) is 4.79 Å². The number of carbonyl (C=O) groups excluding carboxylic acids is 1. The molecule has 1 N–H and O–H groups in total. The van der Waals surface area contributed by atoms with Crippen LogP contribution in [0.5, 0.6) is 5.75 Å². The lowest BCUT2D eigenvalue weighted by molar-refractivity contribution is -0.116. The molecule has 0 bridgehead atoms. The molecular formula is C18H19Cl2NO2. The summed E-state index contributed by atoms with van der Waals surface area (Å²) in [4.78, 5) is 12.0. The Kier molecular flexibility index (Phi) is 6.31. The van der Waals surface area contributed by atoms with Crippen molar-refractivity contribution in [1.29, 1.82) is 0 Å². The predicted octanol–water partition coefficient (Wildman–Crippen LogP) is 5.35. The molecule has 5 heteroatoms. The average molecular weight is 352 g/mol. The summed E-state index contributed by atoms with van der Waals surface area (Å²) >= 11 is 12.0. The van der Waals surface area contributed by atoms with Crippen LogP contribution in [0, 0.1) is 0 Å². The number of rotatable bonds is 6. The van der Waals surface area contributed by atoms with Crippen molar-refractivity contribution >= 4 is 34.8 Å². The van der Waals surface area contributed by atoms with Crippen LogP contribution in [0.15, 0.2) is 42.5 Å². The zero-order chi connectivity index (χ0) is 16.8. The summed E-state index contributed by atoms with van der Waals surface area (Å²) in [5.74, 6) is 0.722. The smallest absolute Gasteiger partial charge is 0.224 e. The molecule has 0 aliphatic heterocycles. The van der Waals surface area contributed by atoms with E-state index in [2.05, 4.69) is 5.32 Å². The topological polar surface area (TPSA) is 38.3 Å². The van der Waals surface area contributed by atoms with Crippen LogP contribution in [0.2, 0.25) is 10.0 Å². The van der Waals surface area contributed by atoms with E-state index in [1.54, 1.807) is 12.1 Å². The van der Waals surface area contributed by atoms with Crippen LogP contribution >= 0.6 is 23.2 Å². The Morgan fingerprint density at radius 2 is 1.83 bits per heavy atom. The van der Waals surface area contributed by atoms with Gasteiger partial charge in [0.15, 0.2) is 0 Å². The third-order valence-electron chi connectivity index (χ3n) is 3.15. The Morgan fingerprint density at radius 3 is 2.43 bits per heavy atom. The molecule has 0 aliphatic rings. The molecule has 0 spiro atoms. The standard InChI is InChI=1S/C18H19Cl2NO2/c1-12(2)23-16-8-6-15(7-9-16)21-18(22)10-4-13-3-5-14(19)11-17(13)20/h3,5-9,11-12H,4,10H2,1-2H3,(H,21,22). The Balaban J connectivity index is 1.87. The monoisotopic (exact) mass is 351 g/mol. The number of ether oxygens (including phenoxy) is 1. The Hall–Kier alpha value is -1.71. The minimum atomic E-state index is -0.0615. The van der Waals surface area contributed by atoms with E-state index in [4.69, 9.17) is 27.9 Å². The van der Waals surface area contributed by atoms with E-state index in [0.717, 1.165) is 17.0 Å². The van der Waals surface area contributed by atoms with Crippen molar-refractivity contribution in [2.75, 3.05) is 5.32 Å². The zero-order valence-corrected chi connectivity index (χ0v) is 14.6. The number of amides is 1. The number of carbonyl (C=O) groups is 1. The van der Waals surface area contributed by atoms with Gasteiger partial charge in [-0.15, -0.1) is 0 Å². The Morgan fingerprint density at radius 1 is 1.13 bits per heavy atom. The summed E-state index contributed by atoms with van der Waals surface area (Å²) < 4.78 is 5.56. The molecule has 0 aliphatic carbocycles. The summed E-state index contributed by atoms with van der Waals surface area (Å²) in [6.07, 6.45) is 1.04. The van der Waals surface area contributed by atoms with Crippen molar-refractivity contribution < 1.29 is 9.53 Å². The molecule has 122 valence electrons. The van der Waals surface area contributed by atoms with Gasteiger partial charge in [0.1, 0.15) is 5.75 Å². The minimum absolute atomic E-state index is 0.0615. The van der Waals surface area contributed by atoms with E-state index in [0.29, 0.717) is 22.9 Å². The van der Waals surface area contributed by atoms with Crippen molar-refractivity contribution in [1.82, 2.24) is 0 Å². The second-order valence-electron chi connectivity index (χ2n) is 5.47. The number of hydrogen-bond donors (Lipinski definition) is 1. The fraction of sp³-hybridized carbons (Fsp3) is 0.278. The van der Waals surface area contributed by atoms with Crippen LogP contribution in [-0.4, -0.2) is 12.0 Å². The molecule has 0 fully saturated rings. The van der Waals surface area contributed by atoms with Crippen molar-refractivity contribution in [3.63, 3.8) is 0 Å². The number of aryl methyl sites for hydroxylation is 1. The van der Waals surface area contributed by atoms with Gasteiger partial charge in [-0.1, -0.05) is 29.3 Å². The molecular weight excluding hydrogens is 333 g/mol. The highest BCUT2D eigenvalue weighted by Crippen LogP contribution is 2.22. The molecule has 0 aromatic heterocycles. The maximum atomic E-state index is 12.0. The molecule has 3 nitrogen and oxygen atoms in total. The van der Waals surface area contributed by atoms with Gasteiger partial charge in [-0.05, 0) is 62.2 Å². The largest absolute Gasteiger partial charge is 0.491 e. The molecule has 2 aromatic carbocycles. The summed E-state index contributed by atoms with van der Waals surface area (Å²) in [6, 6.07) is 12.6. The van der Waals surface area contributed by atoms with Crippen molar-refractivity contribution in [2.45, 2.75) is 32.8 Å². The van der Waals surface area contributed by atoms with Gasteiger partial charge in [0.05, 0.1) is 6.10 Å². The number of hydrogen-bond acceptors (Lipinski definition) is 2. The highest BCUT2D eigenvalue weighted by Gasteiger charge is 2.07. The number of nitrogens with one attached hydrogen (secondary N) is 1. The molecule has 23 heavy (non-hydrogen) atoms. The maximum Gasteiger partial charge on any atom is 0.224 e. The first-order valence-electron chi connectivity index (χ1n) is 7.44. The summed E-state index contributed by atoms with van der Waals surface area (Å²) in [6.45, 7) is 3.94. The zero-order valence-electron chi connectivity index (χ0n) is 13.1. The highest BCUT2D eigenvalue weighted by atomic mass is 35.5. The SMILES string of the molecule is CC(C)Oc1ccc(NC(=O)CCc2ccc(Cl)cc2Cl)cc1. The first-order chi connectivity index (χ1) is 10.9. The third-order valence-corrected chi connectivity index (χ3v) is 3.73. The van der Waals surface area contributed by atoms with E-state index in [9.17, 15) is 4.79 Å². The summed E-state index contributed by atoms with van der Waals surface area (Å²) in [5.41, 5.74) is 1.65. The number of halogens is 2. The van der Waals surface area contributed by atoms with Crippen LogP contribution in [0.4, 0.5) is 5.69 Å². The van der Waals surface area contributed by atoms with Gasteiger partial charge in [-0.25, -0.2) is 0 Å².